The second kappa shape index (κ2) is 9.92. The minimum atomic E-state index is -0.796. The molecule has 5 rings (SSSR count). The molecule has 2 aliphatic heterocycles. The van der Waals surface area contributed by atoms with Crippen LogP contribution in [0.1, 0.15) is 19.0 Å². The maximum Gasteiger partial charge on any atom is 0.316 e. The Morgan fingerprint density at radius 3 is 2.47 bits per heavy atom. The van der Waals surface area contributed by atoms with Crippen molar-refractivity contribution in [3.8, 4) is 28.7 Å². The van der Waals surface area contributed by atoms with Gasteiger partial charge in [-0.3, -0.25) is 4.79 Å². The van der Waals surface area contributed by atoms with E-state index in [1.807, 2.05) is 11.8 Å². The number of likely N-dealkylation sites (N-methyl/N-ethyl adjacent to an activating group) is 1. The first-order valence-electron chi connectivity index (χ1n) is 11.8. The zero-order chi connectivity index (χ0) is 25.3. The van der Waals surface area contributed by atoms with Gasteiger partial charge in [0, 0.05) is 37.9 Å². The number of aromatic nitrogens is 4. The Morgan fingerprint density at radius 1 is 1.11 bits per heavy atom. The fourth-order valence-corrected chi connectivity index (χ4v) is 4.37. The van der Waals surface area contributed by atoms with E-state index in [2.05, 4.69) is 26.9 Å². The Hall–Kier alpha value is -3.41. The first kappa shape index (κ1) is 24.3. The number of rotatable bonds is 5. The van der Waals surface area contributed by atoms with E-state index >= 15 is 0 Å². The van der Waals surface area contributed by atoms with Gasteiger partial charge in [0.05, 0.1) is 42.8 Å². The van der Waals surface area contributed by atoms with Crippen LogP contribution >= 0.6 is 0 Å². The Labute approximate surface area is 208 Å². The normalized spacial score (nSPS) is 23.0. The first-order valence-corrected chi connectivity index (χ1v) is 11.8. The second-order valence-electron chi connectivity index (χ2n) is 9.39. The number of piperazine rings is 1. The van der Waals surface area contributed by atoms with E-state index < -0.39 is 11.7 Å². The predicted octanol–water partition coefficient (Wildman–Crippen LogP) is 2.51. The van der Waals surface area contributed by atoms with Gasteiger partial charge in [0.2, 0.25) is 12.2 Å². The van der Waals surface area contributed by atoms with Crippen LogP contribution in [0, 0.1) is 11.2 Å². The Balaban J connectivity index is 1.39. The lowest BCUT2D eigenvalue weighted by Gasteiger charge is -2.41. The Bertz CT molecular complexity index is 1220. The van der Waals surface area contributed by atoms with E-state index in [1.54, 1.807) is 24.4 Å². The van der Waals surface area contributed by atoms with Crippen LogP contribution in [0.4, 0.5) is 4.39 Å². The Morgan fingerprint density at radius 2 is 1.81 bits per heavy atom. The maximum absolute atomic E-state index is 13.6. The molecule has 0 saturated carbocycles. The molecule has 3 aromatic rings. The maximum atomic E-state index is 13.6. The van der Waals surface area contributed by atoms with Crippen LogP contribution in [0.2, 0.25) is 0 Å². The highest BCUT2D eigenvalue weighted by atomic mass is 19.1. The van der Waals surface area contributed by atoms with Gasteiger partial charge in [-0.05, 0) is 44.3 Å². The van der Waals surface area contributed by atoms with Crippen LogP contribution in [0.15, 0.2) is 36.5 Å². The van der Waals surface area contributed by atoms with Crippen LogP contribution in [0.5, 0.6) is 6.01 Å². The zero-order valence-electron chi connectivity index (χ0n) is 20.5. The number of benzene rings is 1. The molecule has 0 atom stereocenters. The average Bonchev–Trinajstić information content (AvgIpc) is 3.35. The fraction of sp³-hybridized carbons (Fsp3) is 0.440. The summed E-state index contributed by atoms with van der Waals surface area (Å²) in [5.74, 6) is 0.119. The fourth-order valence-electron chi connectivity index (χ4n) is 4.37. The summed E-state index contributed by atoms with van der Waals surface area (Å²) in [6.07, 6.45) is 0.786. The van der Waals surface area contributed by atoms with Gasteiger partial charge in [-0.2, -0.15) is 4.98 Å². The first-order chi connectivity index (χ1) is 17.4. The third-order valence-corrected chi connectivity index (χ3v) is 6.55. The lowest BCUT2D eigenvalue weighted by molar-refractivity contribution is -0.234. The van der Waals surface area contributed by atoms with Crippen molar-refractivity contribution in [1.82, 2.24) is 29.7 Å². The number of H-pyrrole nitrogens is 1. The molecular formula is C25H29FN6O4. The van der Waals surface area contributed by atoms with Gasteiger partial charge in [0.25, 0.3) is 0 Å². The number of carbonyl (C=O) groups excluding carboxylic acids is 1. The standard InChI is InChI=1S/C25H29FN6O4/c1-25(23(33)32-12-10-31(2)11-13-32)14-35-22(36-15-25)21-29-19(16-4-6-17(26)7-5-16)20(30-21)18-8-9-27-24(28-18)34-3/h4-9,22H,10-15H2,1-3H3,(H,29,30). The van der Waals surface area contributed by atoms with E-state index in [-0.39, 0.29) is 30.9 Å². The van der Waals surface area contributed by atoms with Crippen molar-refractivity contribution in [3.63, 3.8) is 0 Å². The van der Waals surface area contributed by atoms with Crippen LogP contribution in [-0.2, 0) is 14.3 Å². The Kier molecular flexibility index (Phi) is 6.69. The third kappa shape index (κ3) is 4.81. The van der Waals surface area contributed by atoms with Crippen LogP contribution in [0.3, 0.4) is 0 Å². The van der Waals surface area contributed by atoms with E-state index in [0.717, 1.165) is 13.1 Å². The van der Waals surface area contributed by atoms with Crippen molar-refractivity contribution in [2.24, 2.45) is 5.41 Å². The van der Waals surface area contributed by atoms with E-state index in [9.17, 15) is 9.18 Å². The highest BCUT2D eigenvalue weighted by Crippen LogP contribution is 2.36. The quantitative estimate of drug-likeness (QED) is 0.575. The highest BCUT2D eigenvalue weighted by molar-refractivity contribution is 5.83. The molecule has 2 fully saturated rings. The summed E-state index contributed by atoms with van der Waals surface area (Å²) in [4.78, 5) is 33.8. The van der Waals surface area contributed by atoms with E-state index in [4.69, 9.17) is 19.2 Å². The molecule has 0 radical (unpaired) electrons. The molecule has 0 unspecified atom stereocenters. The minimum Gasteiger partial charge on any atom is -0.467 e. The molecule has 2 saturated heterocycles. The number of ether oxygens (including phenoxy) is 3. The number of nitrogens with one attached hydrogen (secondary N) is 1. The largest absolute Gasteiger partial charge is 0.467 e. The van der Waals surface area contributed by atoms with Gasteiger partial charge in [0.1, 0.15) is 5.82 Å². The smallest absolute Gasteiger partial charge is 0.316 e. The molecule has 36 heavy (non-hydrogen) atoms. The van der Waals surface area contributed by atoms with E-state index in [1.165, 1.54) is 19.2 Å². The molecule has 10 nitrogen and oxygen atoms in total. The zero-order valence-corrected chi connectivity index (χ0v) is 20.5. The molecule has 2 aliphatic rings. The van der Waals surface area contributed by atoms with Crippen LogP contribution in [0.25, 0.3) is 22.6 Å². The number of hydrogen-bond acceptors (Lipinski definition) is 8. The van der Waals surface area contributed by atoms with Crippen molar-refractivity contribution in [1.29, 1.82) is 0 Å². The van der Waals surface area contributed by atoms with Crippen LogP contribution in [-0.4, -0.2) is 89.2 Å². The number of amides is 1. The summed E-state index contributed by atoms with van der Waals surface area (Å²) in [5, 5.41) is 0. The summed E-state index contributed by atoms with van der Waals surface area (Å²) >= 11 is 0. The summed E-state index contributed by atoms with van der Waals surface area (Å²) in [7, 11) is 3.54. The molecule has 190 valence electrons. The third-order valence-electron chi connectivity index (χ3n) is 6.55. The average molecular weight is 497 g/mol. The number of halogens is 1. The number of imidazole rings is 1. The number of nitrogens with zero attached hydrogens (tertiary/aromatic N) is 5. The number of aromatic amines is 1. The summed E-state index contributed by atoms with van der Waals surface area (Å²) < 4.78 is 30.8. The number of carbonyl (C=O) groups is 1. The van der Waals surface area contributed by atoms with Crippen molar-refractivity contribution >= 4 is 5.91 Å². The molecule has 1 N–H and O–H groups in total. The lowest BCUT2D eigenvalue weighted by atomic mass is 9.90. The molecule has 0 bridgehead atoms. The van der Waals surface area contributed by atoms with Crippen molar-refractivity contribution in [3.05, 3.63) is 48.2 Å². The molecule has 1 amide bonds. The van der Waals surface area contributed by atoms with Crippen molar-refractivity contribution < 1.29 is 23.4 Å². The van der Waals surface area contributed by atoms with Crippen LogP contribution < -0.4 is 4.74 Å². The van der Waals surface area contributed by atoms with Gasteiger partial charge in [-0.25, -0.2) is 14.4 Å². The van der Waals surface area contributed by atoms with Gasteiger partial charge in [0.15, 0.2) is 5.82 Å². The minimum absolute atomic E-state index is 0.0364. The molecule has 1 aromatic carbocycles. The molecule has 11 heteroatoms. The summed E-state index contributed by atoms with van der Waals surface area (Å²) in [5.41, 5.74) is 1.61. The lowest BCUT2D eigenvalue weighted by Crippen LogP contribution is -2.55. The second-order valence-corrected chi connectivity index (χ2v) is 9.39. The number of hydrogen-bond donors (Lipinski definition) is 1. The SMILES string of the molecule is COc1nccc(-c2[nH]c(C3OCC(C)(C(=O)N4CCN(C)CC4)CO3)nc2-c2ccc(F)cc2)n1. The topological polar surface area (TPSA) is 106 Å². The molecule has 0 spiro atoms. The summed E-state index contributed by atoms with van der Waals surface area (Å²) in [6.45, 7) is 5.36. The van der Waals surface area contributed by atoms with Gasteiger partial charge in [-0.15, -0.1) is 0 Å². The van der Waals surface area contributed by atoms with Gasteiger partial charge >= 0.3 is 6.01 Å². The molecule has 2 aromatic heterocycles. The monoisotopic (exact) mass is 496 g/mol. The number of methoxy groups -OCH3 is 1. The van der Waals surface area contributed by atoms with Gasteiger partial charge in [-0.1, -0.05) is 0 Å². The van der Waals surface area contributed by atoms with Gasteiger partial charge < -0.3 is 29.0 Å². The molecule has 4 heterocycles. The predicted molar refractivity (Wildman–Crippen MR) is 128 cm³/mol. The highest BCUT2D eigenvalue weighted by Gasteiger charge is 2.43. The van der Waals surface area contributed by atoms with Crippen molar-refractivity contribution in [2.75, 3.05) is 53.6 Å². The summed E-state index contributed by atoms with van der Waals surface area (Å²) in [6, 6.07) is 7.96. The molecule has 0 aliphatic carbocycles. The van der Waals surface area contributed by atoms with Crippen molar-refractivity contribution in [2.45, 2.75) is 13.2 Å². The van der Waals surface area contributed by atoms with E-state index in [0.29, 0.717) is 41.6 Å². The molecular weight excluding hydrogens is 467 g/mol.